The molecule has 0 aliphatic heterocycles. The van der Waals surface area contributed by atoms with Gasteiger partial charge >= 0.3 is 0 Å². The summed E-state index contributed by atoms with van der Waals surface area (Å²) in [6, 6.07) is 2.36. The van der Waals surface area contributed by atoms with Crippen LogP contribution in [0.15, 0.2) is 0 Å². The third-order valence-electron chi connectivity index (χ3n) is 5.85. The molecular weight excluding hydrogens is 356 g/mol. The monoisotopic (exact) mass is 406 g/mol. The second-order valence-electron chi connectivity index (χ2n) is 8.63. The van der Waals surface area contributed by atoms with E-state index >= 15 is 0 Å². The Morgan fingerprint density at radius 1 is 0.185 bits per heavy atom. The summed E-state index contributed by atoms with van der Waals surface area (Å²) in [4.78, 5) is 0. The van der Waals surface area contributed by atoms with E-state index in [1.54, 1.807) is 0 Å². The van der Waals surface area contributed by atoms with Crippen molar-refractivity contribution in [2.75, 3.05) is 0 Å². The first kappa shape index (κ1) is 27.4. The van der Waals surface area contributed by atoms with Crippen LogP contribution in [0.4, 0.5) is 0 Å². The summed E-state index contributed by atoms with van der Waals surface area (Å²) in [5, 5.41) is 0. The van der Waals surface area contributed by atoms with Gasteiger partial charge in [0.2, 0.25) is 0 Å². The van der Waals surface area contributed by atoms with E-state index in [1.165, 1.54) is 160 Å². The molecule has 0 aliphatic carbocycles. The van der Waals surface area contributed by atoms with Gasteiger partial charge in [-0.2, -0.15) is 0 Å². The molecule has 0 spiro atoms. The lowest BCUT2D eigenvalue weighted by Gasteiger charge is -2.04. The molecule has 0 aromatic carbocycles. The van der Waals surface area contributed by atoms with Crippen molar-refractivity contribution in [2.45, 2.75) is 160 Å². The SMILES string of the molecule is [Si]CCCCCCCCCCCCCCCCCCCCCCCCC[Si]. The Labute approximate surface area is 180 Å². The van der Waals surface area contributed by atoms with Crippen molar-refractivity contribution in [2.24, 2.45) is 0 Å². The second-order valence-corrected chi connectivity index (χ2v) is 9.63. The summed E-state index contributed by atoms with van der Waals surface area (Å²) >= 11 is 0. The van der Waals surface area contributed by atoms with Crippen molar-refractivity contribution in [3.63, 3.8) is 0 Å². The molecule has 0 rings (SSSR count). The maximum absolute atomic E-state index is 3.55. The Balaban J connectivity index is 2.95. The van der Waals surface area contributed by atoms with Crippen LogP contribution in [-0.2, 0) is 0 Å². The van der Waals surface area contributed by atoms with Crippen LogP contribution >= 0.6 is 0 Å². The van der Waals surface area contributed by atoms with Crippen LogP contribution in [0.5, 0.6) is 0 Å². The van der Waals surface area contributed by atoms with Gasteiger partial charge in [-0.3, -0.25) is 0 Å². The van der Waals surface area contributed by atoms with Gasteiger partial charge in [-0.15, -0.1) is 0 Å². The lowest BCUT2D eigenvalue weighted by Crippen LogP contribution is -1.84. The summed E-state index contributed by atoms with van der Waals surface area (Å²) in [5.74, 6) is 0. The first-order chi connectivity index (χ1) is 13.4. The van der Waals surface area contributed by atoms with Crippen molar-refractivity contribution in [1.29, 1.82) is 0 Å². The van der Waals surface area contributed by atoms with Crippen molar-refractivity contribution in [3.8, 4) is 0 Å². The molecule has 0 bridgehead atoms. The number of hydrogen-bond donors (Lipinski definition) is 0. The van der Waals surface area contributed by atoms with Gasteiger partial charge in [0.05, 0.1) is 0 Å². The smallest absolute Gasteiger partial charge is 0.0222 e. The van der Waals surface area contributed by atoms with Crippen LogP contribution in [0.1, 0.15) is 148 Å². The summed E-state index contributed by atoms with van der Waals surface area (Å²) in [5.41, 5.74) is 0. The van der Waals surface area contributed by atoms with E-state index in [0.29, 0.717) is 0 Å². The first-order valence-corrected chi connectivity index (χ1v) is 14.1. The van der Waals surface area contributed by atoms with Crippen molar-refractivity contribution in [1.82, 2.24) is 0 Å². The molecule has 27 heavy (non-hydrogen) atoms. The van der Waals surface area contributed by atoms with Gasteiger partial charge in [0.1, 0.15) is 0 Å². The number of hydrogen-bond acceptors (Lipinski definition) is 0. The number of unbranched alkanes of at least 4 members (excludes halogenated alkanes) is 22. The normalized spacial score (nSPS) is 11.3. The van der Waals surface area contributed by atoms with Crippen molar-refractivity contribution < 1.29 is 0 Å². The Morgan fingerprint density at radius 3 is 0.407 bits per heavy atom. The summed E-state index contributed by atoms with van der Waals surface area (Å²) in [7, 11) is 7.11. The largest absolute Gasteiger partial charge is 0.0638 e. The second kappa shape index (κ2) is 26.4. The highest BCUT2D eigenvalue weighted by Crippen LogP contribution is 2.15. The topological polar surface area (TPSA) is 0 Å². The third-order valence-corrected chi connectivity index (χ3v) is 6.56. The van der Waals surface area contributed by atoms with E-state index < -0.39 is 0 Å². The Morgan fingerprint density at radius 2 is 0.296 bits per heavy atom. The molecule has 0 saturated carbocycles. The highest BCUT2D eigenvalue weighted by atomic mass is 28.1. The summed E-state index contributed by atoms with van der Waals surface area (Å²) in [6.45, 7) is 0. The Kier molecular flexibility index (Phi) is 26.9. The molecule has 0 aliphatic rings. The molecule has 6 radical (unpaired) electrons. The van der Waals surface area contributed by atoms with Gasteiger partial charge in [-0.05, 0) is 0 Å². The van der Waals surface area contributed by atoms with E-state index in [4.69, 9.17) is 0 Å². The van der Waals surface area contributed by atoms with Crippen LogP contribution in [0.3, 0.4) is 0 Å². The average molecular weight is 407 g/mol. The highest BCUT2D eigenvalue weighted by Gasteiger charge is 1.95. The minimum Gasteiger partial charge on any atom is -0.0638 e. The Bertz CT molecular complexity index is 218. The predicted octanol–water partition coefficient (Wildman–Crippen LogP) is 9.13. The molecule has 0 saturated heterocycles. The lowest BCUT2D eigenvalue weighted by molar-refractivity contribution is 0.519. The van der Waals surface area contributed by atoms with Crippen LogP contribution in [0.25, 0.3) is 0 Å². The maximum Gasteiger partial charge on any atom is 0.0222 e. The first-order valence-electron chi connectivity index (χ1n) is 12.7. The van der Waals surface area contributed by atoms with E-state index in [0.717, 1.165) is 0 Å². The summed E-state index contributed by atoms with van der Waals surface area (Å²) in [6.07, 6.45) is 33.6. The molecule has 0 atom stereocenters. The van der Waals surface area contributed by atoms with Crippen LogP contribution in [0, 0.1) is 0 Å². The molecule has 0 amide bonds. The van der Waals surface area contributed by atoms with Gasteiger partial charge in [0, 0.05) is 20.5 Å². The van der Waals surface area contributed by atoms with E-state index in [9.17, 15) is 0 Å². The molecule has 0 N–H and O–H groups in total. The standard InChI is InChI=1S/C25H50Si2/c26-24-22-20-18-16-14-12-10-8-6-4-2-1-3-5-7-9-11-13-15-17-19-21-23-25-27/h1-25H2. The van der Waals surface area contributed by atoms with Gasteiger partial charge in [-0.25, -0.2) is 0 Å². The van der Waals surface area contributed by atoms with Crippen LogP contribution in [-0.4, -0.2) is 20.5 Å². The van der Waals surface area contributed by atoms with Gasteiger partial charge in [-0.1, -0.05) is 160 Å². The zero-order valence-corrected chi connectivity index (χ0v) is 20.7. The minimum atomic E-state index is 1.18. The third kappa shape index (κ3) is 26.4. The fraction of sp³-hybridized carbons (Fsp3) is 1.00. The van der Waals surface area contributed by atoms with Gasteiger partial charge < -0.3 is 0 Å². The van der Waals surface area contributed by atoms with E-state index in [2.05, 4.69) is 20.5 Å². The Hall–Kier alpha value is 0.434. The highest BCUT2D eigenvalue weighted by molar-refractivity contribution is 6.08. The fourth-order valence-corrected chi connectivity index (χ4v) is 4.46. The van der Waals surface area contributed by atoms with E-state index in [-0.39, 0.29) is 0 Å². The number of rotatable bonds is 24. The average Bonchev–Trinajstić information content (AvgIpc) is 2.68. The molecule has 0 fully saturated rings. The molecule has 0 unspecified atom stereocenters. The minimum absolute atomic E-state index is 1.18. The molecular formula is C25H50Si2. The van der Waals surface area contributed by atoms with Crippen LogP contribution in [0.2, 0.25) is 12.1 Å². The molecule has 2 heteroatoms. The molecule has 0 heterocycles. The van der Waals surface area contributed by atoms with E-state index in [1.807, 2.05) is 0 Å². The van der Waals surface area contributed by atoms with Gasteiger partial charge in [0.15, 0.2) is 0 Å². The zero-order chi connectivity index (χ0) is 19.7. The van der Waals surface area contributed by atoms with Crippen molar-refractivity contribution >= 4 is 20.5 Å². The van der Waals surface area contributed by atoms with Gasteiger partial charge in [0.25, 0.3) is 0 Å². The van der Waals surface area contributed by atoms with Crippen molar-refractivity contribution in [3.05, 3.63) is 0 Å². The lowest BCUT2D eigenvalue weighted by atomic mass is 10.0. The molecule has 0 aromatic rings. The van der Waals surface area contributed by atoms with Crippen LogP contribution < -0.4 is 0 Å². The molecule has 158 valence electrons. The summed E-state index contributed by atoms with van der Waals surface area (Å²) < 4.78 is 0. The maximum atomic E-state index is 3.55. The predicted molar refractivity (Wildman–Crippen MR) is 127 cm³/mol. The fourth-order valence-electron chi connectivity index (χ4n) is 3.96. The quantitative estimate of drug-likeness (QED) is 0.111. The zero-order valence-electron chi connectivity index (χ0n) is 18.7. The molecule has 0 aromatic heterocycles. The molecule has 0 nitrogen and oxygen atoms in total.